The summed E-state index contributed by atoms with van der Waals surface area (Å²) in [4.78, 5) is 0. The quantitative estimate of drug-likeness (QED) is 0.0569. The van der Waals surface area contributed by atoms with Gasteiger partial charge in [0.25, 0.3) is 0 Å². The van der Waals surface area contributed by atoms with Crippen LogP contribution in [0.2, 0.25) is 0 Å². The average molecular weight is 1580 g/mol. The minimum absolute atomic E-state index is 0.988. The molecule has 0 saturated carbocycles. The van der Waals surface area contributed by atoms with E-state index < -0.39 is 0 Å². The highest BCUT2D eigenvalue weighted by molar-refractivity contribution is 4.77. The Morgan fingerprint density at radius 3 is 0.384 bits per heavy atom. The average Bonchev–Trinajstić information content (AvgIpc) is 0.934. The van der Waals surface area contributed by atoms with Crippen LogP contribution in [0.15, 0.2) is 0 Å². The summed E-state index contributed by atoms with van der Waals surface area (Å²) in [5, 5.41) is 0. The number of hydrogen-bond donors (Lipinski definition) is 0. The molecular weight excluding hydrogens is 1350 g/mol. The van der Waals surface area contributed by atoms with Gasteiger partial charge in [0.05, 0.1) is 0 Å². The molecule has 0 bridgehead atoms. The van der Waals surface area contributed by atoms with E-state index in [0.29, 0.717) is 0 Å². The van der Waals surface area contributed by atoms with E-state index in [0.717, 1.165) is 94.7 Å². The zero-order valence-electron chi connectivity index (χ0n) is 84.1. The molecule has 0 aliphatic heterocycles. The molecule has 0 nitrogen and oxygen atoms in total. The van der Waals surface area contributed by atoms with Crippen molar-refractivity contribution < 1.29 is 0 Å². The normalized spacial score (nSPS) is 12.2. The molecule has 0 unspecified atom stereocenters. The van der Waals surface area contributed by atoms with Gasteiger partial charge in [-0.3, -0.25) is 0 Å². The summed E-state index contributed by atoms with van der Waals surface area (Å²) in [6.07, 6.45) is 104. The maximum atomic E-state index is 2.42. The molecule has 0 spiro atoms. The molecule has 0 rings (SSSR count). The Morgan fingerprint density at radius 1 is 0.0893 bits per heavy atom. The Bertz CT molecular complexity index is 1450. The van der Waals surface area contributed by atoms with Crippen molar-refractivity contribution in [3.63, 3.8) is 0 Å². The molecule has 0 N–H and O–H groups in total. The van der Waals surface area contributed by atoms with E-state index in [1.165, 1.54) is 462 Å². The number of rotatable bonds is 84. The molecule has 0 radical (unpaired) electrons. The van der Waals surface area contributed by atoms with Gasteiger partial charge < -0.3 is 0 Å². The van der Waals surface area contributed by atoms with Gasteiger partial charge in [0.1, 0.15) is 0 Å². The molecule has 0 saturated heterocycles. The Balaban J connectivity index is -0.000000768. The molecule has 0 aliphatic carbocycles. The van der Waals surface area contributed by atoms with Crippen molar-refractivity contribution in [1.29, 1.82) is 0 Å². The van der Waals surface area contributed by atoms with E-state index in [4.69, 9.17) is 0 Å². The van der Waals surface area contributed by atoms with Crippen LogP contribution in [-0.2, 0) is 0 Å². The van der Waals surface area contributed by atoms with Crippen molar-refractivity contribution in [2.45, 2.75) is 628 Å². The van der Waals surface area contributed by atoms with Gasteiger partial charge in [-0.25, -0.2) is 0 Å². The summed E-state index contributed by atoms with van der Waals surface area (Å²) < 4.78 is 0. The Labute approximate surface area is 718 Å². The molecule has 0 amide bonds. The van der Waals surface area contributed by atoms with E-state index in [1.54, 1.807) is 0 Å². The molecule has 0 aromatic carbocycles. The SMILES string of the molecule is CCCC(CCC)CC(CC)CC(CCC)CCC.CCCC(CCC)CCCC(CC)CCCC(CCC)CCC.CCCCC(CC(CCC)CCC)CC(CCC)CCC.CCCCC(CCCC(CCC(CCC)CCC)CCC(CCC)CCC)CCCC(CCC(CCC)CCC)CCC(CCC)CCC. The summed E-state index contributed by atoms with van der Waals surface area (Å²) in [5.74, 6) is 16.0. The standard InChI is InChI=1S/C49H100.C23H48.C21H44.C19H40/c1-10-19-30-47(31-20-33-48(39-35-43(22-11-2)23-12-3)40-36-44(24-13-4)25-14-5)32-21-34-49(41-37-45(26-15-6)27-16-7)42-38-46(28-17-8)29-18-9;1-6-13-22(14-7-2)19-11-17-21(10-5)18-12-20-23(15-8-3)16-9-4;1-6-11-16-21(17-19(12-7-2)13-8-3)18-20(14-9-4)15-10-5;1-6-11-18(12-7-2)15-17(10-5)16-19(13-8-3)14-9-4/h43-49H,10-42H2,1-9H3;21-23H,6-20H2,1-5H3;19-21H,6-18H2,1-5H3;17-19H,6-16H2,1-5H3. The predicted molar refractivity (Wildman–Crippen MR) is 524 cm³/mol. The van der Waals surface area contributed by atoms with Crippen LogP contribution in [0.5, 0.6) is 0 Å². The van der Waals surface area contributed by atoms with Crippen molar-refractivity contribution in [3.05, 3.63) is 0 Å². The first kappa shape index (κ1) is 118. The molecule has 0 aliphatic rings. The van der Waals surface area contributed by atoms with Gasteiger partial charge in [-0.2, -0.15) is 0 Å². The van der Waals surface area contributed by atoms with Gasteiger partial charge in [-0.15, -0.1) is 0 Å². The third-order valence-corrected chi connectivity index (χ3v) is 28.5. The molecule has 0 atom stereocenters. The summed E-state index contributed by atoms with van der Waals surface area (Å²) in [7, 11) is 0. The highest BCUT2D eigenvalue weighted by atomic mass is 14.3. The maximum absolute atomic E-state index is 2.42. The van der Waals surface area contributed by atoms with Gasteiger partial charge in [0.2, 0.25) is 0 Å². The van der Waals surface area contributed by atoms with Crippen LogP contribution in [0.3, 0.4) is 0 Å². The zero-order valence-corrected chi connectivity index (χ0v) is 84.1. The minimum Gasteiger partial charge on any atom is -0.0654 e. The van der Waals surface area contributed by atoms with Crippen LogP contribution in [0.4, 0.5) is 0 Å². The van der Waals surface area contributed by atoms with Gasteiger partial charge in [0, 0.05) is 0 Å². The van der Waals surface area contributed by atoms with Crippen molar-refractivity contribution in [1.82, 2.24) is 0 Å². The Hall–Kier alpha value is 0. The first-order chi connectivity index (χ1) is 54.6. The first-order valence-electron chi connectivity index (χ1n) is 54.6. The van der Waals surface area contributed by atoms with Crippen LogP contribution in [-0.4, -0.2) is 0 Å². The third-order valence-electron chi connectivity index (χ3n) is 28.5. The predicted octanol–water partition coefficient (Wildman–Crippen LogP) is 42.4. The molecule has 0 heteroatoms. The summed E-state index contributed by atoms with van der Waals surface area (Å²) in [6.45, 7) is 57.1. The summed E-state index contributed by atoms with van der Waals surface area (Å²) in [5.41, 5.74) is 0. The number of unbranched alkanes of at least 4 members (excludes halogenated alkanes) is 2. The molecule has 112 heavy (non-hydrogen) atoms. The lowest BCUT2D eigenvalue weighted by atomic mass is 9.79. The number of hydrogen-bond acceptors (Lipinski definition) is 0. The smallest absolute Gasteiger partial charge is 0.0409 e. The van der Waals surface area contributed by atoms with E-state index in [1.807, 2.05) is 0 Å². The Kier molecular flexibility index (Phi) is 98.5. The summed E-state index contributed by atoms with van der Waals surface area (Å²) >= 11 is 0. The fourth-order valence-corrected chi connectivity index (χ4v) is 22.4. The molecular formula is C112H232. The maximum Gasteiger partial charge on any atom is -0.0409 e. The second-order valence-corrected chi connectivity index (χ2v) is 39.7. The van der Waals surface area contributed by atoms with Gasteiger partial charge >= 0.3 is 0 Å². The van der Waals surface area contributed by atoms with Crippen LogP contribution >= 0.6 is 0 Å². The Morgan fingerprint density at radius 2 is 0.214 bits per heavy atom. The fourth-order valence-electron chi connectivity index (χ4n) is 22.4. The van der Waals surface area contributed by atoms with Crippen LogP contribution in [0, 0.1) is 94.7 Å². The molecule has 0 heterocycles. The highest BCUT2D eigenvalue weighted by Crippen LogP contribution is 2.38. The van der Waals surface area contributed by atoms with E-state index in [2.05, 4.69) is 166 Å². The second-order valence-electron chi connectivity index (χ2n) is 39.7. The van der Waals surface area contributed by atoms with Crippen LogP contribution < -0.4 is 0 Å². The monoisotopic (exact) mass is 1580 g/mol. The zero-order chi connectivity index (χ0) is 84.1. The van der Waals surface area contributed by atoms with Gasteiger partial charge in [-0.05, 0) is 120 Å². The first-order valence-corrected chi connectivity index (χ1v) is 54.6. The molecule has 0 fully saturated rings. The molecule has 680 valence electrons. The van der Waals surface area contributed by atoms with Crippen LogP contribution in [0.1, 0.15) is 628 Å². The third kappa shape index (κ3) is 75.0. The van der Waals surface area contributed by atoms with Crippen LogP contribution in [0.25, 0.3) is 0 Å². The van der Waals surface area contributed by atoms with E-state index >= 15 is 0 Å². The summed E-state index contributed by atoms with van der Waals surface area (Å²) in [6, 6.07) is 0. The second kappa shape index (κ2) is 93.3. The lowest BCUT2D eigenvalue weighted by molar-refractivity contribution is 0.250. The highest BCUT2D eigenvalue weighted by Gasteiger charge is 2.24. The van der Waals surface area contributed by atoms with Crippen molar-refractivity contribution in [2.75, 3.05) is 0 Å². The van der Waals surface area contributed by atoms with Crippen molar-refractivity contribution in [2.24, 2.45) is 94.7 Å². The van der Waals surface area contributed by atoms with Gasteiger partial charge in [0.15, 0.2) is 0 Å². The van der Waals surface area contributed by atoms with Crippen molar-refractivity contribution in [3.8, 4) is 0 Å². The van der Waals surface area contributed by atoms with E-state index in [-0.39, 0.29) is 0 Å². The lowest BCUT2D eigenvalue weighted by Crippen LogP contribution is -2.14. The fraction of sp³-hybridized carbons (Fsp3) is 1.00. The molecule has 0 aromatic heterocycles. The minimum atomic E-state index is 0.988. The van der Waals surface area contributed by atoms with Crippen molar-refractivity contribution >= 4 is 0 Å². The lowest BCUT2D eigenvalue weighted by Gasteiger charge is -2.27. The largest absolute Gasteiger partial charge is 0.0654 e. The van der Waals surface area contributed by atoms with Gasteiger partial charge in [-0.1, -0.05) is 603 Å². The molecule has 0 aromatic rings. The van der Waals surface area contributed by atoms with E-state index in [9.17, 15) is 0 Å². The topological polar surface area (TPSA) is 0 Å².